The van der Waals surface area contributed by atoms with Crippen molar-refractivity contribution in [1.82, 2.24) is 10.3 Å². The fraction of sp³-hybridized carbons (Fsp3) is 0.471. The summed E-state index contributed by atoms with van der Waals surface area (Å²) < 4.78 is 0. The Labute approximate surface area is 131 Å². The van der Waals surface area contributed by atoms with E-state index in [1.54, 1.807) is 0 Å². The van der Waals surface area contributed by atoms with Gasteiger partial charge in [-0.05, 0) is 37.1 Å². The molecule has 1 aliphatic rings. The van der Waals surface area contributed by atoms with Gasteiger partial charge in [-0.25, -0.2) is 0 Å². The van der Waals surface area contributed by atoms with Crippen LogP contribution in [-0.4, -0.2) is 30.2 Å². The van der Waals surface area contributed by atoms with Crippen molar-refractivity contribution in [2.24, 2.45) is 0 Å². The van der Waals surface area contributed by atoms with Gasteiger partial charge < -0.3 is 10.2 Å². The van der Waals surface area contributed by atoms with E-state index in [0.29, 0.717) is 12.1 Å². The molecular weight excluding hydrogens is 282 g/mol. The van der Waals surface area contributed by atoms with E-state index in [1.807, 2.05) is 18.3 Å². The number of hydrogen-bond acceptors (Lipinski definition) is 3. The van der Waals surface area contributed by atoms with Crippen LogP contribution in [0.5, 0.6) is 0 Å². The Morgan fingerprint density at radius 3 is 2.90 bits per heavy atom. The maximum atomic E-state index is 6.32. The van der Waals surface area contributed by atoms with Gasteiger partial charge in [-0.1, -0.05) is 25.4 Å². The van der Waals surface area contributed by atoms with Gasteiger partial charge in [0, 0.05) is 36.8 Å². The van der Waals surface area contributed by atoms with Gasteiger partial charge in [0.25, 0.3) is 0 Å². The normalized spacial score (nSPS) is 22.7. The highest BCUT2D eigenvalue weighted by Gasteiger charge is 2.27. The minimum Gasteiger partial charge on any atom is -0.364 e. The van der Waals surface area contributed by atoms with E-state index in [-0.39, 0.29) is 0 Å². The van der Waals surface area contributed by atoms with Crippen molar-refractivity contribution in [2.75, 3.05) is 18.0 Å². The zero-order chi connectivity index (χ0) is 14.8. The number of halogens is 1. The molecule has 0 saturated carbocycles. The van der Waals surface area contributed by atoms with E-state index < -0.39 is 0 Å². The molecule has 2 atom stereocenters. The Morgan fingerprint density at radius 1 is 1.29 bits per heavy atom. The lowest BCUT2D eigenvalue weighted by atomic mass is 10.0. The third-order valence-electron chi connectivity index (χ3n) is 4.47. The molecule has 1 N–H and O–H groups in total. The first-order valence-electron chi connectivity index (χ1n) is 7.77. The standard InChI is InChI=1S/C17H22ClN3/c1-3-12-11-21(13(4-2)10-20-12)16-8-7-15(18)14-6-5-9-19-17(14)16/h5-9,12-13,20H,3-4,10-11H2,1-2H3. The van der Waals surface area contributed by atoms with Crippen LogP contribution < -0.4 is 10.2 Å². The van der Waals surface area contributed by atoms with Crippen LogP contribution >= 0.6 is 11.6 Å². The van der Waals surface area contributed by atoms with Crippen LogP contribution in [0.4, 0.5) is 5.69 Å². The summed E-state index contributed by atoms with van der Waals surface area (Å²) in [4.78, 5) is 7.10. The maximum absolute atomic E-state index is 6.32. The molecule has 0 amide bonds. The number of fused-ring (bicyclic) bond motifs is 1. The monoisotopic (exact) mass is 303 g/mol. The number of rotatable bonds is 3. The second-order valence-corrected chi connectivity index (χ2v) is 6.10. The lowest BCUT2D eigenvalue weighted by molar-refractivity contribution is 0.379. The largest absolute Gasteiger partial charge is 0.364 e. The van der Waals surface area contributed by atoms with Gasteiger partial charge in [-0.2, -0.15) is 0 Å². The number of piperazine rings is 1. The van der Waals surface area contributed by atoms with Crippen LogP contribution in [-0.2, 0) is 0 Å². The van der Waals surface area contributed by atoms with Crippen molar-refractivity contribution in [3.8, 4) is 0 Å². The molecule has 112 valence electrons. The number of nitrogens with one attached hydrogen (secondary N) is 1. The molecule has 1 aliphatic heterocycles. The molecule has 4 heteroatoms. The Kier molecular flexibility index (Phi) is 4.32. The molecule has 3 nitrogen and oxygen atoms in total. The zero-order valence-corrected chi connectivity index (χ0v) is 13.4. The topological polar surface area (TPSA) is 28.2 Å². The first kappa shape index (κ1) is 14.6. The lowest BCUT2D eigenvalue weighted by Gasteiger charge is -2.41. The van der Waals surface area contributed by atoms with Gasteiger partial charge in [0.15, 0.2) is 0 Å². The maximum Gasteiger partial charge on any atom is 0.0950 e. The Morgan fingerprint density at radius 2 is 2.14 bits per heavy atom. The average molecular weight is 304 g/mol. The zero-order valence-electron chi connectivity index (χ0n) is 12.6. The van der Waals surface area contributed by atoms with Gasteiger partial charge in [0.1, 0.15) is 0 Å². The van der Waals surface area contributed by atoms with Crippen molar-refractivity contribution in [1.29, 1.82) is 0 Å². The molecule has 1 fully saturated rings. The minimum atomic E-state index is 0.513. The second-order valence-electron chi connectivity index (χ2n) is 5.69. The second kappa shape index (κ2) is 6.20. The van der Waals surface area contributed by atoms with Crippen LogP contribution in [0.2, 0.25) is 5.02 Å². The van der Waals surface area contributed by atoms with Crippen LogP contribution in [0, 0.1) is 0 Å². The van der Waals surface area contributed by atoms with E-state index in [9.17, 15) is 0 Å². The predicted molar refractivity (Wildman–Crippen MR) is 90.3 cm³/mol. The molecule has 1 saturated heterocycles. The van der Waals surface area contributed by atoms with Crippen molar-refractivity contribution in [3.05, 3.63) is 35.5 Å². The third-order valence-corrected chi connectivity index (χ3v) is 4.80. The van der Waals surface area contributed by atoms with E-state index >= 15 is 0 Å². The molecule has 0 aliphatic carbocycles. The molecule has 0 spiro atoms. The summed E-state index contributed by atoms with van der Waals surface area (Å²) in [5.41, 5.74) is 2.22. The van der Waals surface area contributed by atoms with Crippen molar-refractivity contribution >= 4 is 28.2 Å². The molecule has 2 unspecified atom stereocenters. The number of nitrogens with zero attached hydrogens (tertiary/aromatic N) is 2. The van der Waals surface area contributed by atoms with E-state index in [0.717, 1.165) is 41.9 Å². The Bertz CT molecular complexity index is 628. The molecule has 3 rings (SSSR count). The van der Waals surface area contributed by atoms with E-state index in [2.05, 4.69) is 41.2 Å². The van der Waals surface area contributed by atoms with Gasteiger partial charge in [0.05, 0.1) is 16.2 Å². The highest BCUT2D eigenvalue weighted by atomic mass is 35.5. The number of hydrogen-bond donors (Lipinski definition) is 1. The Hall–Kier alpha value is -1.32. The summed E-state index contributed by atoms with van der Waals surface area (Å²) in [5.74, 6) is 0. The average Bonchev–Trinajstić information content (AvgIpc) is 2.55. The molecule has 2 heterocycles. The quantitative estimate of drug-likeness (QED) is 0.933. The molecule has 0 radical (unpaired) electrons. The molecular formula is C17H22ClN3. The first-order valence-corrected chi connectivity index (χ1v) is 8.15. The molecule has 2 aromatic rings. The van der Waals surface area contributed by atoms with Gasteiger partial charge in [-0.15, -0.1) is 0 Å². The summed E-state index contributed by atoms with van der Waals surface area (Å²) in [6.07, 6.45) is 4.12. The summed E-state index contributed by atoms with van der Waals surface area (Å²) in [5, 5.41) is 5.46. The van der Waals surface area contributed by atoms with Crippen LogP contribution in [0.3, 0.4) is 0 Å². The van der Waals surface area contributed by atoms with E-state index in [1.165, 1.54) is 5.69 Å². The van der Waals surface area contributed by atoms with Crippen LogP contribution in [0.1, 0.15) is 26.7 Å². The summed E-state index contributed by atoms with van der Waals surface area (Å²) in [6.45, 7) is 6.55. The number of pyridine rings is 1. The van der Waals surface area contributed by atoms with Crippen molar-refractivity contribution in [2.45, 2.75) is 38.8 Å². The summed E-state index contributed by atoms with van der Waals surface area (Å²) in [6, 6.07) is 9.17. The fourth-order valence-corrected chi connectivity index (χ4v) is 3.37. The van der Waals surface area contributed by atoms with Gasteiger partial charge >= 0.3 is 0 Å². The summed E-state index contributed by atoms with van der Waals surface area (Å²) >= 11 is 6.32. The highest BCUT2D eigenvalue weighted by molar-refractivity contribution is 6.35. The SMILES string of the molecule is CCC1CN(c2ccc(Cl)c3cccnc23)C(CC)CN1. The highest BCUT2D eigenvalue weighted by Crippen LogP contribution is 2.32. The molecule has 21 heavy (non-hydrogen) atoms. The van der Waals surface area contributed by atoms with Crippen molar-refractivity contribution < 1.29 is 0 Å². The van der Waals surface area contributed by atoms with Gasteiger partial charge in [-0.3, -0.25) is 4.98 Å². The number of benzene rings is 1. The van der Waals surface area contributed by atoms with Crippen LogP contribution in [0.15, 0.2) is 30.5 Å². The lowest BCUT2D eigenvalue weighted by Crippen LogP contribution is -2.56. The molecule has 1 aromatic carbocycles. The summed E-state index contributed by atoms with van der Waals surface area (Å²) in [7, 11) is 0. The fourth-order valence-electron chi connectivity index (χ4n) is 3.15. The smallest absolute Gasteiger partial charge is 0.0950 e. The van der Waals surface area contributed by atoms with Crippen molar-refractivity contribution in [3.63, 3.8) is 0 Å². The Balaban J connectivity index is 2.07. The molecule has 1 aromatic heterocycles. The predicted octanol–water partition coefficient (Wildman–Crippen LogP) is 3.86. The van der Waals surface area contributed by atoms with E-state index in [4.69, 9.17) is 11.6 Å². The number of anilines is 1. The van der Waals surface area contributed by atoms with Crippen LogP contribution in [0.25, 0.3) is 10.9 Å². The minimum absolute atomic E-state index is 0.513. The van der Waals surface area contributed by atoms with Gasteiger partial charge in [0.2, 0.25) is 0 Å². The molecule has 0 bridgehead atoms. The third kappa shape index (κ3) is 2.72. The number of aromatic nitrogens is 1. The first-order chi connectivity index (χ1) is 10.2.